The molecule has 2 aromatic rings. The number of rotatable bonds is 3. The first-order valence-corrected chi connectivity index (χ1v) is 8.32. The molecule has 0 unspecified atom stereocenters. The van der Waals surface area contributed by atoms with Gasteiger partial charge in [0.05, 0.1) is 16.8 Å². The SMILES string of the molecule is CC1(C)OB(c2ccc(NC(=O)c3ccccc3F)cc2F)OC1(C)C. The number of carbonyl (C=O) groups is 1. The summed E-state index contributed by atoms with van der Waals surface area (Å²) >= 11 is 0. The molecule has 26 heavy (non-hydrogen) atoms. The van der Waals surface area contributed by atoms with Gasteiger partial charge in [-0.05, 0) is 52.0 Å². The molecule has 0 saturated carbocycles. The van der Waals surface area contributed by atoms with Gasteiger partial charge in [0.15, 0.2) is 0 Å². The highest BCUT2D eigenvalue weighted by atomic mass is 19.1. The van der Waals surface area contributed by atoms with Crippen LogP contribution >= 0.6 is 0 Å². The topological polar surface area (TPSA) is 47.6 Å². The fraction of sp³-hybridized carbons (Fsp3) is 0.316. The summed E-state index contributed by atoms with van der Waals surface area (Å²) in [6, 6.07) is 9.79. The van der Waals surface area contributed by atoms with Crippen molar-refractivity contribution in [1.82, 2.24) is 0 Å². The molecule has 0 aromatic heterocycles. The Labute approximate surface area is 151 Å². The molecule has 0 spiro atoms. The number of anilines is 1. The van der Waals surface area contributed by atoms with Gasteiger partial charge in [-0.25, -0.2) is 8.78 Å². The van der Waals surface area contributed by atoms with Crippen molar-refractivity contribution < 1.29 is 22.9 Å². The van der Waals surface area contributed by atoms with Gasteiger partial charge in [-0.3, -0.25) is 4.79 Å². The molecule has 1 fully saturated rings. The third-order valence-electron chi connectivity index (χ3n) is 4.88. The molecule has 0 aliphatic carbocycles. The van der Waals surface area contributed by atoms with E-state index in [0.29, 0.717) is 0 Å². The van der Waals surface area contributed by atoms with Crippen molar-refractivity contribution in [2.45, 2.75) is 38.9 Å². The van der Waals surface area contributed by atoms with Crippen LogP contribution in [-0.4, -0.2) is 24.2 Å². The summed E-state index contributed by atoms with van der Waals surface area (Å²) in [4.78, 5) is 12.1. The van der Waals surface area contributed by atoms with Crippen LogP contribution in [0.25, 0.3) is 0 Å². The summed E-state index contributed by atoms with van der Waals surface area (Å²) in [6.45, 7) is 7.53. The van der Waals surface area contributed by atoms with E-state index >= 15 is 0 Å². The van der Waals surface area contributed by atoms with Crippen molar-refractivity contribution in [2.24, 2.45) is 0 Å². The zero-order valence-corrected chi connectivity index (χ0v) is 15.1. The average molecular weight is 359 g/mol. The first-order chi connectivity index (χ1) is 12.1. The molecule has 1 N–H and O–H groups in total. The smallest absolute Gasteiger partial charge is 0.399 e. The van der Waals surface area contributed by atoms with Gasteiger partial charge in [0.1, 0.15) is 11.6 Å². The monoisotopic (exact) mass is 359 g/mol. The third-order valence-corrected chi connectivity index (χ3v) is 4.88. The van der Waals surface area contributed by atoms with Crippen molar-refractivity contribution in [3.05, 3.63) is 59.7 Å². The van der Waals surface area contributed by atoms with Gasteiger partial charge in [-0.2, -0.15) is 0 Å². The fourth-order valence-electron chi connectivity index (χ4n) is 2.61. The zero-order valence-electron chi connectivity index (χ0n) is 15.1. The van der Waals surface area contributed by atoms with Crippen LogP contribution in [-0.2, 0) is 9.31 Å². The standard InChI is InChI=1S/C19H20BF2NO3/c1-18(2)19(3,4)26-20(25-18)14-10-9-12(11-16(14)22)23-17(24)13-7-5-6-8-15(13)21/h5-11H,1-4H3,(H,23,24). The largest absolute Gasteiger partial charge is 0.497 e. The maximum atomic E-state index is 14.6. The van der Waals surface area contributed by atoms with E-state index in [1.165, 1.54) is 36.4 Å². The summed E-state index contributed by atoms with van der Waals surface area (Å²) in [5, 5.41) is 2.49. The Morgan fingerprint density at radius 3 is 2.15 bits per heavy atom. The van der Waals surface area contributed by atoms with E-state index in [4.69, 9.17) is 9.31 Å². The summed E-state index contributed by atoms with van der Waals surface area (Å²) in [5.41, 5.74) is -0.810. The lowest BCUT2D eigenvalue weighted by Gasteiger charge is -2.32. The number of nitrogens with one attached hydrogen (secondary N) is 1. The first kappa shape index (κ1) is 18.5. The zero-order chi connectivity index (χ0) is 19.1. The molecule has 1 saturated heterocycles. The molecule has 1 aliphatic heterocycles. The Morgan fingerprint density at radius 1 is 0.962 bits per heavy atom. The molecule has 136 valence electrons. The van der Waals surface area contributed by atoms with Crippen LogP contribution in [0, 0.1) is 11.6 Å². The summed E-state index contributed by atoms with van der Waals surface area (Å²) in [7, 11) is -0.837. The predicted molar refractivity (Wildman–Crippen MR) is 96.5 cm³/mol. The van der Waals surface area contributed by atoms with Gasteiger partial charge in [-0.1, -0.05) is 18.2 Å². The number of hydrogen-bond donors (Lipinski definition) is 1. The molecule has 0 radical (unpaired) electrons. The third kappa shape index (κ3) is 3.37. The average Bonchev–Trinajstić information content (AvgIpc) is 2.75. The van der Waals surface area contributed by atoms with Crippen molar-refractivity contribution >= 4 is 24.2 Å². The van der Waals surface area contributed by atoms with E-state index in [2.05, 4.69) is 5.32 Å². The minimum Gasteiger partial charge on any atom is -0.399 e. The maximum absolute atomic E-state index is 14.6. The van der Waals surface area contributed by atoms with Gasteiger partial charge in [0.2, 0.25) is 0 Å². The summed E-state index contributed by atoms with van der Waals surface area (Å²) < 4.78 is 39.9. The van der Waals surface area contributed by atoms with Gasteiger partial charge >= 0.3 is 7.12 Å². The predicted octanol–water partition coefficient (Wildman–Crippen LogP) is 3.52. The second kappa shape index (κ2) is 6.48. The molecule has 3 rings (SSSR count). The van der Waals surface area contributed by atoms with Crippen LogP contribution in [0.15, 0.2) is 42.5 Å². The Hall–Kier alpha value is -2.25. The Kier molecular flexibility index (Phi) is 4.62. The second-order valence-electron chi connectivity index (χ2n) is 7.26. The van der Waals surface area contributed by atoms with Gasteiger partial charge in [-0.15, -0.1) is 0 Å². The Morgan fingerprint density at radius 2 is 1.58 bits per heavy atom. The number of carbonyl (C=O) groups excluding carboxylic acids is 1. The van der Waals surface area contributed by atoms with Crippen LogP contribution < -0.4 is 10.8 Å². The highest BCUT2D eigenvalue weighted by Gasteiger charge is 2.52. The van der Waals surface area contributed by atoms with E-state index in [1.54, 1.807) is 6.07 Å². The van der Waals surface area contributed by atoms with E-state index in [1.807, 2.05) is 27.7 Å². The van der Waals surface area contributed by atoms with Crippen molar-refractivity contribution in [3.63, 3.8) is 0 Å². The lowest BCUT2D eigenvalue weighted by atomic mass is 9.78. The molecule has 2 aromatic carbocycles. The first-order valence-electron chi connectivity index (χ1n) is 8.32. The lowest BCUT2D eigenvalue weighted by molar-refractivity contribution is 0.00578. The van der Waals surface area contributed by atoms with Crippen LogP contribution in [0.5, 0.6) is 0 Å². The molecule has 4 nitrogen and oxygen atoms in total. The number of benzene rings is 2. The molecule has 1 heterocycles. The second-order valence-corrected chi connectivity index (χ2v) is 7.26. The highest BCUT2D eigenvalue weighted by Crippen LogP contribution is 2.36. The number of amides is 1. The van der Waals surface area contributed by atoms with E-state index in [9.17, 15) is 13.6 Å². The summed E-state index contributed by atoms with van der Waals surface area (Å²) in [5.74, 6) is -1.86. The van der Waals surface area contributed by atoms with E-state index < -0.39 is 35.9 Å². The molecular weight excluding hydrogens is 339 g/mol. The van der Waals surface area contributed by atoms with Crippen LogP contribution in [0.1, 0.15) is 38.1 Å². The van der Waals surface area contributed by atoms with Gasteiger partial charge in [0, 0.05) is 11.2 Å². The maximum Gasteiger partial charge on any atom is 0.497 e. The summed E-state index contributed by atoms with van der Waals surface area (Å²) in [6.07, 6.45) is 0. The van der Waals surface area contributed by atoms with Crippen molar-refractivity contribution in [2.75, 3.05) is 5.32 Å². The fourth-order valence-corrected chi connectivity index (χ4v) is 2.61. The molecule has 1 aliphatic rings. The molecule has 1 amide bonds. The molecule has 0 atom stereocenters. The Balaban J connectivity index is 1.79. The molecule has 7 heteroatoms. The highest BCUT2D eigenvalue weighted by molar-refractivity contribution is 6.62. The van der Waals surface area contributed by atoms with Gasteiger partial charge in [0.25, 0.3) is 5.91 Å². The number of halogens is 2. The van der Waals surface area contributed by atoms with Gasteiger partial charge < -0.3 is 14.6 Å². The normalized spacial score (nSPS) is 18.0. The van der Waals surface area contributed by atoms with Crippen LogP contribution in [0.3, 0.4) is 0 Å². The Bertz CT molecular complexity index is 838. The van der Waals surface area contributed by atoms with Crippen LogP contribution in [0.4, 0.5) is 14.5 Å². The lowest BCUT2D eigenvalue weighted by Crippen LogP contribution is -2.41. The van der Waals surface area contributed by atoms with Crippen molar-refractivity contribution in [1.29, 1.82) is 0 Å². The minimum absolute atomic E-state index is 0.108. The van der Waals surface area contributed by atoms with Crippen LogP contribution in [0.2, 0.25) is 0 Å². The molecule has 0 bridgehead atoms. The molecular formula is C19H20BF2NO3. The minimum atomic E-state index is -0.837. The van der Waals surface area contributed by atoms with Crippen molar-refractivity contribution in [3.8, 4) is 0 Å². The number of hydrogen-bond acceptors (Lipinski definition) is 3. The van der Waals surface area contributed by atoms with E-state index in [0.717, 1.165) is 0 Å². The quantitative estimate of drug-likeness (QED) is 0.854. The van der Waals surface area contributed by atoms with E-state index in [-0.39, 0.29) is 16.7 Å².